The first-order chi connectivity index (χ1) is 14.6. The molecule has 1 aromatic heterocycles. The number of nitrogens with one attached hydrogen (secondary N) is 1. The fourth-order valence-electron chi connectivity index (χ4n) is 3.60. The molecular formula is C24H27N5O. The Bertz CT molecular complexity index is 996. The summed E-state index contributed by atoms with van der Waals surface area (Å²) in [6, 6.07) is 19.8. The predicted octanol–water partition coefficient (Wildman–Crippen LogP) is 4.05. The van der Waals surface area contributed by atoms with Crippen molar-refractivity contribution in [3.63, 3.8) is 0 Å². The summed E-state index contributed by atoms with van der Waals surface area (Å²) in [6.45, 7) is 6.84. The van der Waals surface area contributed by atoms with Gasteiger partial charge in [-0.3, -0.25) is 4.79 Å². The molecule has 0 bridgehead atoms. The molecule has 0 radical (unpaired) electrons. The zero-order valence-electron chi connectivity index (χ0n) is 17.5. The molecule has 2 heterocycles. The van der Waals surface area contributed by atoms with Crippen LogP contribution in [0, 0.1) is 6.92 Å². The van der Waals surface area contributed by atoms with Gasteiger partial charge in [-0.1, -0.05) is 37.3 Å². The van der Waals surface area contributed by atoms with Gasteiger partial charge in [0.05, 0.1) is 0 Å². The summed E-state index contributed by atoms with van der Waals surface area (Å²) in [5.41, 5.74) is 3.90. The molecule has 1 saturated heterocycles. The van der Waals surface area contributed by atoms with E-state index in [1.165, 1.54) is 5.56 Å². The van der Waals surface area contributed by atoms with Crippen molar-refractivity contribution >= 4 is 23.4 Å². The predicted molar refractivity (Wildman–Crippen MR) is 120 cm³/mol. The van der Waals surface area contributed by atoms with Crippen LogP contribution in [0.4, 0.5) is 17.5 Å². The van der Waals surface area contributed by atoms with Gasteiger partial charge in [0.25, 0.3) is 5.91 Å². The Kier molecular flexibility index (Phi) is 5.93. The molecule has 0 atom stereocenters. The van der Waals surface area contributed by atoms with Crippen molar-refractivity contribution in [2.75, 3.05) is 36.4 Å². The first kappa shape index (κ1) is 19.9. The van der Waals surface area contributed by atoms with Crippen molar-refractivity contribution < 1.29 is 4.79 Å². The highest BCUT2D eigenvalue weighted by atomic mass is 16.2. The van der Waals surface area contributed by atoms with Gasteiger partial charge in [-0.2, -0.15) is 4.98 Å². The van der Waals surface area contributed by atoms with Crippen LogP contribution in [-0.2, 0) is 6.42 Å². The number of benzene rings is 2. The summed E-state index contributed by atoms with van der Waals surface area (Å²) >= 11 is 0. The third-order valence-electron chi connectivity index (χ3n) is 5.35. The quantitative estimate of drug-likeness (QED) is 0.699. The molecule has 0 saturated carbocycles. The maximum absolute atomic E-state index is 12.8. The van der Waals surface area contributed by atoms with Gasteiger partial charge in [0, 0.05) is 49.2 Å². The van der Waals surface area contributed by atoms with Crippen molar-refractivity contribution in [2.24, 2.45) is 0 Å². The molecule has 0 aliphatic carbocycles. The van der Waals surface area contributed by atoms with Crippen molar-refractivity contribution in [1.82, 2.24) is 14.9 Å². The largest absolute Gasteiger partial charge is 0.340 e. The summed E-state index contributed by atoms with van der Waals surface area (Å²) < 4.78 is 0. The standard InChI is InChI=1S/C24H27N5O/c1-3-19-9-11-20(12-10-19)23(30)28-13-15-29(16-14-28)24-25-18(2)17-22(27-24)26-21-7-5-4-6-8-21/h4-12,17H,3,13-16H2,1-2H3,(H,25,26,27). The molecule has 0 unspecified atom stereocenters. The van der Waals surface area contributed by atoms with Crippen LogP contribution in [0.5, 0.6) is 0 Å². The van der Waals surface area contributed by atoms with Crippen LogP contribution < -0.4 is 10.2 Å². The maximum Gasteiger partial charge on any atom is 0.253 e. The topological polar surface area (TPSA) is 61.4 Å². The molecule has 6 heteroatoms. The van der Waals surface area contributed by atoms with Gasteiger partial charge in [0.2, 0.25) is 5.95 Å². The number of aromatic nitrogens is 2. The minimum Gasteiger partial charge on any atom is -0.340 e. The summed E-state index contributed by atoms with van der Waals surface area (Å²) in [6.07, 6.45) is 0.977. The Balaban J connectivity index is 1.41. The molecule has 4 rings (SSSR count). The van der Waals surface area contributed by atoms with Gasteiger partial charge >= 0.3 is 0 Å². The fraction of sp³-hybridized carbons (Fsp3) is 0.292. The van der Waals surface area contributed by atoms with E-state index in [2.05, 4.69) is 22.1 Å². The highest BCUT2D eigenvalue weighted by molar-refractivity contribution is 5.94. The Morgan fingerprint density at radius 1 is 0.967 bits per heavy atom. The lowest BCUT2D eigenvalue weighted by molar-refractivity contribution is 0.0746. The number of hydrogen-bond donors (Lipinski definition) is 1. The molecule has 1 aliphatic heterocycles. The van der Waals surface area contributed by atoms with Crippen molar-refractivity contribution in [2.45, 2.75) is 20.3 Å². The molecule has 1 amide bonds. The number of carbonyl (C=O) groups excluding carboxylic acids is 1. The number of aryl methyl sites for hydroxylation is 2. The van der Waals surface area contributed by atoms with Gasteiger partial charge in [-0.05, 0) is 43.2 Å². The molecule has 2 aromatic carbocycles. The minimum atomic E-state index is 0.0916. The minimum absolute atomic E-state index is 0.0916. The highest BCUT2D eigenvalue weighted by Crippen LogP contribution is 2.20. The second-order valence-electron chi connectivity index (χ2n) is 7.52. The van der Waals surface area contributed by atoms with Crippen LogP contribution in [0.15, 0.2) is 60.7 Å². The first-order valence-corrected chi connectivity index (χ1v) is 10.4. The average molecular weight is 402 g/mol. The van der Waals surface area contributed by atoms with E-state index >= 15 is 0 Å². The van der Waals surface area contributed by atoms with Gasteiger partial charge in [-0.15, -0.1) is 0 Å². The summed E-state index contributed by atoms with van der Waals surface area (Å²) in [4.78, 5) is 26.2. The van der Waals surface area contributed by atoms with Crippen LogP contribution in [-0.4, -0.2) is 47.0 Å². The van der Waals surface area contributed by atoms with Crippen LogP contribution in [0.25, 0.3) is 0 Å². The average Bonchev–Trinajstić information content (AvgIpc) is 2.79. The number of para-hydroxylation sites is 1. The number of nitrogens with zero attached hydrogens (tertiary/aromatic N) is 4. The molecule has 6 nitrogen and oxygen atoms in total. The lowest BCUT2D eigenvalue weighted by Crippen LogP contribution is -2.49. The fourth-order valence-corrected chi connectivity index (χ4v) is 3.60. The van der Waals surface area contributed by atoms with Crippen LogP contribution in [0.2, 0.25) is 0 Å². The van der Waals surface area contributed by atoms with Crippen LogP contribution in [0.1, 0.15) is 28.5 Å². The number of rotatable bonds is 5. The third kappa shape index (κ3) is 4.59. The molecular weight excluding hydrogens is 374 g/mol. The molecule has 154 valence electrons. The van der Waals surface area contributed by atoms with Gasteiger partial charge in [-0.25, -0.2) is 4.98 Å². The monoisotopic (exact) mass is 401 g/mol. The number of piperazine rings is 1. The van der Waals surface area contributed by atoms with Crippen LogP contribution in [0.3, 0.4) is 0 Å². The number of hydrogen-bond acceptors (Lipinski definition) is 5. The van der Waals surface area contributed by atoms with Gasteiger partial charge in [0.1, 0.15) is 5.82 Å². The molecule has 1 fully saturated rings. The van der Waals surface area contributed by atoms with Gasteiger partial charge < -0.3 is 15.1 Å². The summed E-state index contributed by atoms with van der Waals surface area (Å²) in [5, 5.41) is 3.34. The van der Waals surface area contributed by atoms with E-state index in [9.17, 15) is 4.79 Å². The van der Waals surface area contributed by atoms with E-state index in [-0.39, 0.29) is 5.91 Å². The van der Waals surface area contributed by atoms with Crippen LogP contribution >= 0.6 is 0 Å². The van der Waals surface area contributed by atoms with E-state index in [0.29, 0.717) is 32.1 Å². The van der Waals surface area contributed by atoms with E-state index in [0.717, 1.165) is 29.2 Å². The Morgan fingerprint density at radius 3 is 2.33 bits per heavy atom. The van der Waals surface area contributed by atoms with Gasteiger partial charge in [0.15, 0.2) is 0 Å². The van der Waals surface area contributed by atoms with Crippen molar-refractivity contribution in [3.05, 3.63) is 77.5 Å². The number of carbonyl (C=O) groups is 1. The van der Waals surface area contributed by atoms with Crippen molar-refractivity contribution in [1.29, 1.82) is 0 Å². The molecule has 30 heavy (non-hydrogen) atoms. The molecule has 0 spiro atoms. The Labute approximate surface area is 177 Å². The highest BCUT2D eigenvalue weighted by Gasteiger charge is 2.24. The molecule has 3 aromatic rings. The maximum atomic E-state index is 12.8. The zero-order valence-corrected chi connectivity index (χ0v) is 17.5. The van der Waals surface area contributed by atoms with Crippen molar-refractivity contribution in [3.8, 4) is 0 Å². The summed E-state index contributed by atoms with van der Waals surface area (Å²) in [7, 11) is 0. The third-order valence-corrected chi connectivity index (χ3v) is 5.35. The Morgan fingerprint density at radius 2 is 1.67 bits per heavy atom. The molecule has 1 N–H and O–H groups in total. The Hall–Kier alpha value is -3.41. The van der Waals surface area contributed by atoms with E-state index in [1.807, 2.05) is 72.5 Å². The number of anilines is 3. The number of amides is 1. The van der Waals surface area contributed by atoms with E-state index in [1.54, 1.807) is 0 Å². The first-order valence-electron chi connectivity index (χ1n) is 10.4. The summed E-state index contributed by atoms with van der Waals surface area (Å²) in [5.74, 6) is 1.57. The second kappa shape index (κ2) is 8.95. The SMILES string of the molecule is CCc1ccc(C(=O)N2CCN(c3nc(C)cc(Nc4ccccc4)n3)CC2)cc1. The zero-order chi connectivity index (χ0) is 20.9. The second-order valence-corrected chi connectivity index (χ2v) is 7.52. The normalized spacial score (nSPS) is 13.9. The smallest absolute Gasteiger partial charge is 0.253 e. The van der Waals surface area contributed by atoms with E-state index < -0.39 is 0 Å². The van der Waals surface area contributed by atoms with E-state index in [4.69, 9.17) is 4.98 Å². The lowest BCUT2D eigenvalue weighted by Gasteiger charge is -2.35. The lowest BCUT2D eigenvalue weighted by atomic mass is 10.1. The molecule has 1 aliphatic rings.